The first-order valence-electron chi connectivity index (χ1n) is 11.2. The van der Waals surface area contributed by atoms with Crippen LogP contribution in [0.2, 0.25) is 0 Å². The molecule has 5 aromatic rings. The van der Waals surface area contributed by atoms with Gasteiger partial charge in [0.1, 0.15) is 17.1 Å². The molecule has 3 aromatic carbocycles. The molecule has 176 valence electrons. The molecular formula is C27H22FN3O3S. The SMILES string of the molecule is CCc1ccc(NC(=O)Cn2c(=O)n(Cc3ccc(F)cc3)c(=O)c3sc4ccccc4c32)cc1. The molecule has 0 radical (unpaired) electrons. The number of amides is 1. The number of carbonyl (C=O) groups excluding carboxylic acids is 1. The third kappa shape index (κ3) is 4.40. The van der Waals surface area contributed by atoms with Gasteiger partial charge >= 0.3 is 5.69 Å². The average molecular weight is 488 g/mol. The van der Waals surface area contributed by atoms with E-state index in [0.717, 1.165) is 26.6 Å². The molecule has 0 atom stereocenters. The van der Waals surface area contributed by atoms with Crippen LogP contribution in [0.1, 0.15) is 18.1 Å². The van der Waals surface area contributed by atoms with E-state index in [4.69, 9.17) is 0 Å². The Balaban J connectivity index is 1.61. The number of benzene rings is 3. The maximum absolute atomic E-state index is 13.6. The van der Waals surface area contributed by atoms with Crippen LogP contribution in [0.4, 0.5) is 10.1 Å². The normalized spacial score (nSPS) is 11.3. The number of rotatable bonds is 6. The maximum Gasteiger partial charge on any atom is 0.332 e. The number of halogens is 1. The minimum Gasteiger partial charge on any atom is -0.325 e. The Morgan fingerprint density at radius 2 is 1.60 bits per heavy atom. The zero-order chi connectivity index (χ0) is 24.5. The number of hydrogen-bond donors (Lipinski definition) is 1. The summed E-state index contributed by atoms with van der Waals surface area (Å²) in [5.74, 6) is -0.776. The van der Waals surface area contributed by atoms with E-state index in [1.54, 1.807) is 0 Å². The van der Waals surface area contributed by atoms with Gasteiger partial charge in [0.15, 0.2) is 0 Å². The van der Waals surface area contributed by atoms with Gasteiger partial charge < -0.3 is 5.32 Å². The van der Waals surface area contributed by atoms with Gasteiger partial charge in [-0.25, -0.2) is 9.18 Å². The van der Waals surface area contributed by atoms with Crippen LogP contribution in [0, 0.1) is 5.82 Å². The quantitative estimate of drug-likeness (QED) is 0.375. The van der Waals surface area contributed by atoms with Gasteiger partial charge in [-0.3, -0.25) is 18.7 Å². The zero-order valence-corrected chi connectivity index (χ0v) is 19.8. The topological polar surface area (TPSA) is 73.1 Å². The van der Waals surface area contributed by atoms with Gasteiger partial charge in [0.25, 0.3) is 5.56 Å². The van der Waals surface area contributed by atoms with Gasteiger partial charge in [-0.15, -0.1) is 11.3 Å². The highest BCUT2D eigenvalue weighted by Gasteiger charge is 2.20. The van der Waals surface area contributed by atoms with E-state index in [0.29, 0.717) is 21.5 Å². The van der Waals surface area contributed by atoms with Gasteiger partial charge in [-0.05, 0) is 47.9 Å². The Hall–Kier alpha value is -4.04. The van der Waals surface area contributed by atoms with Crippen LogP contribution in [0.3, 0.4) is 0 Å². The van der Waals surface area contributed by atoms with Crippen molar-refractivity contribution in [2.24, 2.45) is 0 Å². The van der Waals surface area contributed by atoms with E-state index in [2.05, 4.69) is 12.2 Å². The summed E-state index contributed by atoms with van der Waals surface area (Å²) < 4.78 is 17.1. The number of thiophene rings is 1. The highest BCUT2D eigenvalue weighted by atomic mass is 32.1. The van der Waals surface area contributed by atoms with Crippen molar-refractivity contribution >= 4 is 43.2 Å². The summed E-state index contributed by atoms with van der Waals surface area (Å²) in [7, 11) is 0. The summed E-state index contributed by atoms with van der Waals surface area (Å²) in [6, 6.07) is 20.6. The van der Waals surface area contributed by atoms with Crippen LogP contribution in [0.25, 0.3) is 20.3 Å². The van der Waals surface area contributed by atoms with Crippen molar-refractivity contribution in [2.75, 3.05) is 5.32 Å². The Kier molecular flexibility index (Phi) is 6.05. The molecule has 5 rings (SSSR count). The number of carbonyl (C=O) groups is 1. The lowest BCUT2D eigenvalue weighted by molar-refractivity contribution is -0.116. The number of hydrogen-bond acceptors (Lipinski definition) is 4. The molecule has 6 nitrogen and oxygen atoms in total. The predicted molar refractivity (Wildman–Crippen MR) is 138 cm³/mol. The fourth-order valence-electron chi connectivity index (χ4n) is 4.12. The van der Waals surface area contributed by atoms with Gasteiger partial charge in [-0.2, -0.15) is 0 Å². The number of aromatic nitrogens is 2. The van der Waals surface area contributed by atoms with E-state index < -0.39 is 17.1 Å². The van der Waals surface area contributed by atoms with Crippen molar-refractivity contribution in [3.8, 4) is 0 Å². The van der Waals surface area contributed by atoms with E-state index in [9.17, 15) is 18.8 Å². The van der Waals surface area contributed by atoms with Crippen molar-refractivity contribution in [3.63, 3.8) is 0 Å². The summed E-state index contributed by atoms with van der Waals surface area (Å²) in [6.45, 7) is 1.77. The molecule has 35 heavy (non-hydrogen) atoms. The predicted octanol–water partition coefficient (Wildman–Crippen LogP) is 4.77. The maximum atomic E-state index is 13.6. The summed E-state index contributed by atoms with van der Waals surface area (Å²) >= 11 is 1.29. The first kappa shape index (κ1) is 22.7. The van der Waals surface area contributed by atoms with Crippen LogP contribution >= 0.6 is 11.3 Å². The standard InChI is InChI=1S/C27H22FN3O3S/c1-2-17-9-13-20(14-10-17)29-23(32)16-30-24-21-5-3-4-6-22(21)35-25(24)26(33)31(27(30)34)15-18-7-11-19(28)12-8-18/h3-14H,2,15-16H2,1H3,(H,29,32). The van der Waals surface area contributed by atoms with E-state index in [1.165, 1.54) is 40.2 Å². The molecule has 1 N–H and O–H groups in total. The highest BCUT2D eigenvalue weighted by Crippen LogP contribution is 2.31. The second-order valence-electron chi connectivity index (χ2n) is 8.26. The van der Waals surface area contributed by atoms with Gasteiger partial charge in [0, 0.05) is 15.8 Å². The van der Waals surface area contributed by atoms with Crippen LogP contribution in [0.5, 0.6) is 0 Å². The summed E-state index contributed by atoms with van der Waals surface area (Å²) in [6.07, 6.45) is 0.891. The molecule has 2 heterocycles. The smallest absolute Gasteiger partial charge is 0.325 e. The molecule has 0 aliphatic rings. The number of nitrogens with zero attached hydrogens (tertiary/aromatic N) is 2. The Morgan fingerprint density at radius 3 is 2.31 bits per heavy atom. The van der Waals surface area contributed by atoms with E-state index in [1.807, 2.05) is 48.5 Å². The van der Waals surface area contributed by atoms with Crippen molar-refractivity contribution in [3.05, 3.63) is 111 Å². The number of fused-ring (bicyclic) bond motifs is 3. The molecule has 0 saturated heterocycles. The number of aryl methyl sites for hydroxylation is 1. The van der Waals surface area contributed by atoms with Crippen LogP contribution in [-0.4, -0.2) is 15.0 Å². The monoisotopic (exact) mass is 487 g/mol. The van der Waals surface area contributed by atoms with Gasteiger partial charge in [-0.1, -0.05) is 49.4 Å². The molecule has 0 bridgehead atoms. The molecule has 0 unspecified atom stereocenters. The van der Waals surface area contributed by atoms with Gasteiger partial charge in [0.2, 0.25) is 5.91 Å². The lowest BCUT2D eigenvalue weighted by Gasteiger charge is -2.13. The third-order valence-electron chi connectivity index (χ3n) is 5.94. The van der Waals surface area contributed by atoms with Crippen molar-refractivity contribution < 1.29 is 9.18 Å². The molecule has 1 amide bonds. The fraction of sp³-hybridized carbons (Fsp3) is 0.148. The number of anilines is 1. The second-order valence-corrected chi connectivity index (χ2v) is 9.31. The highest BCUT2D eigenvalue weighted by molar-refractivity contribution is 7.25. The second kappa shape index (κ2) is 9.31. The summed E-state index contributed by atoms with van der Waals surface area (Å²) in [5.41, 5.74) is 1.82. The van der Waals surface area contributed by atoms with E-state index in [-0.39, 0.29) is 19.0 Å². The van der Waals surface area contributed by atoms with E-state index >= 15 is 0 Å². The molecular weight excluding hydrogens is 465 g/mol. The Bertz CT molecular complexity index is 1670. The molecule has 0 spiro atoms. The molecule has 8 heteroatoms. The lowest BCUT2D eigenvalue weighted by Crippen LogP contribution is -2.41. The third-order valence-corrected chi connectivity index (χ3v) is 7.09. The zero-order valence-electron chi connectivity index (χ0n) is 19.0. The minimum atomic E-state index is -0.591. The summed E-state index contributed by atoms with van der Waals surface area (Å²) in [5, 5.41) is 3.59. The first-order valence-corrected chi connectivity index (χ1v) is 12.0. The molecule has 0 saturated carbocycles. The Labute approximate surface area is 203 Å². The van der Waals surface area contributed by atoms with Crippen LogP contribution in [-0.2, 0) is 24.3 Å². The largest absolute Gasteiger partial charge is 0.332 e. The molecule has 0 fully saturated rings. The molecule has 0 aliphatic carbocycles. The first-order chi connectivity index (χ1) is 16.9. The van der Waals surface area contributed by atoms with Gasteiger partial charge in [0.05, 0.1) is 12.1 Å². The van der Waals surface area contributed by atoms with Crippen molar-refractivity contribution in [2.45, 2.75) is 26.4 Å². The van der Waals surface area contributed by atoms with Crippen LogP contribution < -0.4 is 16.6 Å². The average Bonchev–Trinajstić information content (AvgIpc) is 3.26. The fourth-order valence-corrected chi connectivity index (χ4v) is 5.28. The lowest BCUT2D eigenvalue weighted by atomic mass is 10.1. The van der Waals surface area contributed by atoms with Crippen molar-refractivity contribution in [1.82, 2.24) is 9.13 Å². The minimum absolute atomic E-state index is 0.0256. The molecule has 0 aliphatic heterocycles. The van der Waals surface area contributed by atoms with Crippen LogP contribution in [0.15, 0.2) is 82.4 Å². The molecule has 2 aromatic heterocycles. The summed E-state index contributed by atoms with van der Waals surface area (Å²) in [4.78, 5) is 39.9. The number of nitrogens with one attached hydrogen (secondary N) is 1. The van der Waals surface area contributed by atoms with Crippen molar-refractivity contribution in [1.29, 1.82) is 0 Å². The Morgan fingerprint density at radius 1 is 0.914 bits per heavy atom.